The molecule has 0 saturated carbocycles. The fourth-order valence-corrected chi connectivity index (χ4v) is 2.54. The largest absolute Gasteiger partial charge is 0.354 e. The van der Waals surface area contributed by atoms with Crippen molar-refractivity contribution in [3.05, 3.63) is 77.2 Å². The highest BCUT2D eigenvalue weighted by Crippen LogP contribution is 2.18. The van der Waals surface area contributed by atoms with Gasteiger partial charge < -0.3 is 10.6 Å². The van der Waals surface area contributed by atoms with Crippen molar-refractivity contribution in [3.63, 3.8) is 0 Å². The van der Waals surface area contributed by atoms with Gasteiger partial charge in [-0.1, -0.05) is 24.3 Å². The van der Waals surface area contributed by atoms with Gasteiger partial charge in [0.2, 0.25) is 5.95 Å². The van der Waals surface area contributed by atoms with E-state index in [0.717, 1.165) is 11.4 Å². The van der Waals surface area contributed by atoms with Crippen molar-refractivity contribution in [1.82, 2.24) is 9.97 Å². The average Bonchev–Trinajstić information content (AvgIpc) is 2.63. The monoisotopic (exact) mass is 347 g/mol. The summed E-state index contributed by atoms with van der Waals surface area (Å²) in [4.78, 5) is 8.78. The number of anilines is 3. The summed E-state index contributed by atoms with van der Waals surface area (Å²) in [6.07, 6.45) is 0.539. The van der Waals surface area contributed by atoms with Crippen molar-refractivity contribution < 1.29 is 4.39 Å². The van der Waals surface area contributed by atoms with Crippen LogP contribution < -0.4 is 10.6 Å². The fraction of sp³-hybridized carbons (Fsp3) is 0.150. The first-order valence-electron chi connectivity index (χ1n) is 8.24. The lowest BCUT2D eigenvalue weighted by molar-refractivity contribution is 0.610. The molecule has 0 aliphatic rings. The summed E-state index contributed by atoms with van der Waals surface area (Å²) in [5, 5.41) is 15.3. The third-order valence-electron chi connectivity index (χ3n) is 3.75. The summed E-state index contributed by atoms with van der Waals surface area (Å²) < 4.78 is 13.7. The zero-order valence-electron chi connectivity index (χ0n) is 14.3. The molecule has 1 heterocycles. The van der Waals surface area contributed by atoms with Gasteiger partial charge in [-0.25, -0.2) is 9.37 Å². The van der Waals surface area contributed by atoms with Crippen LogP contribution in [0.2, 0.25) is 0 Å². The topological polar surface area (TPSA) is 73.6 Å². The predicted octanol–water partition coefficient (Wildman–Crippen LogP) is 4.19. The Hall–Kier alpha value is -3.46. The van der Waals surface area contributed by atoms with Crippen LogP contribution in [0.5, 0.6) is 0 Å². The third kappa shape index (κ3) is 4.54. The van der Waals surface area contributed by atoms with Crippen LogP contribution in [0, 0.1) is 24.1 Å². The minimum atomic E-state index is -0.209. The molecule has 0 unspecified atom stereocenters. The summed E-state index contributed by atoms with van der Waals surface area (Å²) in [7, 11) is 0. The molecule has 0 amide bonds. The molecule has 5 nitrogen and oxygen atoms in total. The third-order valence-corrected chi connectivity index (χ3v) is 3.75. The van der Waals surface area contributed by atoms with E-state index in [4.69, 9.17) is 5.26 Å². The molecule has 0 saturated heterocycles. The first-order chi connectivity index (χ1) is 12.6. The minimum Gasteiger partial charge on any atom is -0.354 e. The number of hydrogen-bond donors (Lipinski definition) is 2. The molecule has 130 valence electrons. The van der Waals surface area contributed by atoms with Crippen molar-refractivity contribution >= 4 is 17.5 Å². The Morgan fingerprint density at radius 1 is 1.08 bits per heavy atom. The Labute approximate surface area is 151 Å². The number of nitrogens with one attached hydrogen (secondary N) is 2. The Kier molecular flexibility index (Phi) is 5.40. The Morgan fingerprint density at radius 3 is 2.73 bits per heavy atom. The molecule has 0 atom stereocenters. The molecule has 0 spiro atoms. The van der Waals surface area contributed by atoms with Gasteiger partial charge in [0.05, 0.1) is 11.6 Å². The zero-order chi connectivity index (χ0) is 18.4. The number of rotatable bonds is 6. The Morgan fingerprint density at radius 2 is 1.92 bits per heavy atom. The van der Waals surface area contributed by atoms with Gasteiger partial charge in [-0.3, -0.25) is 0 Å². The highest BCUT2D eigenvalue weighted by molar-refractivity contribution is 5.59. The summed E-state index contributed by atoms with van der Waals surface area (Å²) in [5.74, 6) is 0.889. The molecule has 3 rings (SSSR count). The number of aryl methyl sites for hydroxylation is 1. The second-order valence-electron chi connectivity index (χ2n) is 5.80. The summed E-state index contributed by atoms with van der Waals surface area (Å²) in [6, 6.07) is 17.8. The quantitative estimate of drug-likeness (QED) is 0.699. The fourth-order valence-electron chi connectivity index (χ4n) is 2.54. The van der Waals surface area contributed by atoms with Gasteiger partial charge in [0.15, 0.2) is 0 Å². The molecule has 2 N–H and O–H groups in total. The van der Waals surface area contributed by atoms with Crippen LogP contribution in [-0.4, -0.2) is 16.5 Å². The van der Waals surface area contributed by atoms with Gasteiger partial charge in [0, 0.05) is 24.0 Å². The second kappa shape index (κ2) is 8.08. The van der Waals surface area contributed by atoms with Gasteiger partial charge in [-0.05, 0) is 43.2 Å². The Bertz CT molecular complexity index is 949. The lowest BCUT2D eigenvalue weighted by Crippen LogP contribution is -2.10. The lowest BCUT2D eigenvalue weighted by atomic mass is 10.1. The van der Waals surface area contributed by atoms with Crippen LogP contribution in [0.15, 0.2) is 54.6 Å². The molecule has 1 aromatic heterocycles. The molecule has 2 aromatic carbocycles. The number of nitrogens with zero attached hydrogens (tertiary/aromatic N) is 3. The number of benzene rings is 2. The van der Waals surface area contributed by atoms with E-state index < -0.39 is 0 Å². The molecule has 6 heteroatoms. The minimum absolute atomic E-state index is 0.209. The van der Waals surface area contributed by atoms with Crippen LogP contribution in [0.1, 0.15) is 16.8 Å². The number of hydrogen-bond acceptors (Lipinski definition) is 5. The van der Waals surface area contributed by atoms with E-state index >= 15 is 0 Å². The van der Waals surface area contributed by atoms with Crippen molar-refractivity contribution in [1.29, 1.82) is 5.26 Å². The van der Waals surface area contributed by atoms with Crippen LogP contribution in [0.25, 0.3) is 0 Å². The van der Waals surface area contributed by atoms with E-state index in [1.54, 1.807) is 24.3 Å². The van der Waals surface area contributed by atoms with E-state index in [-0.39, 0.29) is 5.82 Å². The number of nitriles is 1. The molecule has 3 aromatic rings. The summed E-state index contributed by atoms with van der Waals surface area (Å²) in [6.45, 7) is 2.40. The van der Waals surface area contributed by atoms with Gasteiger partial charge in [-0.2, -0.15) is 10.2 Å². The lowest BCUT2D eigenvalue weighted by Gasteiger charge is -2.10. The van der Waals surface area contributed by atoms with Crippen molar-refractivity contribution in [3.8, 4) is 6.07 Å². The van der Waals surface area contributed by atoms with Crippen molar-refractivity contribution in [2.45, 2.75) is 13.3 Å². The van der Waals surface area contributed by atoms with Crippen LogP contribution in [0.3, 0.4) is 0 Å². The van der Waals surface area contributed by atoms with E-state index in [1.807, 2.05) is 31.2 Å². The molecular weight excluding hydrogens is 329 g/mol. The molecule has 0 aliphatic carbocycles. The van der Waals surface area contributed by atoms with E-state index in [1.165, 1.54) is 6.07 Å². The van der Waals surface area contributed by atoms with Crippen molar-refractivity contribution in [2.75, 3.05) is 17.2 Å². The molecule has 26 heavy (non-hydrogen) atoms. The van der Waals surface area contributed by atoms with Gasteiger partial charge in [0.1, 0.15) is 11.6 Å². The van der Waals surface area contributed by atoms with Crippen LogP contribution in [-0.2, 0) is 6.42 Å². The standard InChI is InChI=1S/C20H18FN5/c1-14-11-19(25-17-7-4-5-15(12-17)13-22)26-20(24-14)23-10-9-16-6-2-3-8-18(16)21/h2-8,11-12H,9-10H2,1H3,(H2,23,24,25,26). The highest BCUT2D eigenvalue weighted by Gasteiger charge is 2.05. The molecule has 0 radical (unpaired) electrons. The van der Waals surface area contributed by atoms with E-state index in [9.17, 15) is 4.39 Å². The molecule has 0 fully saturated rings. The summed E-state index contributed by atoms with van der Waals surface area (Å²) >= 11 is 0. The van der Waals surface area contributed by atoms with Crippen LogP contribution >= 0.6 is 0 Å². The Balaban J connectivity index is 1.67. The van der Waals surface area contributed by atoms with Gasteiger partial charge in [-0.15, -0.1) is 0 Å². The smallest absolute Gasteiger partial charge is 0.224 e. The highest BCUT2D eigenvalue weighted by atomic mass is 19.1. The predicted molar refractivity (Wildman–Crippen MR) is 99.8 cm³/mol. The van der Waals surface area contributed by atoms with E-state index in [0.29, 0.717) is 35.9 Å². The van der Waals surface area contributed by atoms with E-state index in [2.05, 4.69) is 26.7 Å². The van der Waals surface area contributed by atoms with Crippen molar-refractivity contribution in [2.24, 2.45) is 0 Å². The van der Waals surface area contributed by atoms with Crippen LogP contribution in [0.4, 0.5) is 21.8 Å². The zero-order valence-corrected chi connectivity index (χ0v) is 14.3. The van der Waals surface area contributed by atoms with Gasteiger partial charge in [0.25, 0.3) is 0 Å². The molecular formula is C20H18FN5. The maximum absolute atomic E-state index is 13.7. The first kappa shape index (κ1) is 17.4. The normalized spacial score (nSPS) is 10.2. The maximum atomic E-state index is 13.7. The summed E-state index contributed by atoms with van der Waals surface area (Å²) in [5.41, 5.74) is 2.80. The first-order valence-corrected chi connectivity index (χ1v) is 8.24. The maximum Gasteiger partial charge on any atom is 0.224 e. The average molecular weight is 347 g/mol. The van der Waals surface area contributed by atoms with Gasteiger partial charge >= 0.3 is 0 Å². The number of aromatic nitrogens is 2. The second-order valence-corrected chi connectivity index (χ2v) is 5.80. The molecule has 0 bridgehead atoms. The SMILES string of the molecule is Cc1cc(Nc2cccc(C#N)c2)nc(NCCc2ccccc2F)n1. The molecule has 0 aliphatic heterocycles. The number of halogens is 1.